The molecule has 0 amide bonds. The highest BCUT2D eigenvalue weighted by molar-refractivity contribution is 7.13. The summed E-state index contributed by atoms with van der Waals surface area (Å²) in [5.41, 5.74) is 3.38. The van der Waals surface area contributed by atoms with Crippen molar-refractivity contribution in [2.75, 3.05) is 0 Å². The number of rotatable bonds is 2. The van der Waals surface area contributed by atoms with E-state index in [1.54, 1.807) is 11.3 Å². The summed E-state index contributed by atoms with van der Waals surface area (Å²) in [5.74, 6) is 0. The van der Waals surface area contributed by atoms with Crippen LogP contribution in [-0.4, -0.2) is 9.97 Å². The van der Waals surface area contributed by atoms with Gasteiger partial charge in [-0.3, -0.25) is 4.98 Å². The second-order valence-corrected chi connectivity index (χ2v) is 4.04. The Morgan fingerprint density at radius 2 is 2.29 bits per heavy atom. The Morgan fingerprint density at radius 1 is 1.43 bits per heavy atom. The van der Waals surface area contributed by atoms with E-state index in [4.69, 9.17) is 0 Å². The van der Waals surface area contributed by atoms with E-state index in [1.807, 2.05) is 19.2 Å². The van der Waals surface area contributed by atoms with Crippen LogP contribution in [0.15, 0.2) is 23.7 Å². The van der Waals surface area contributed by atoms with Crippen LogP contribution in [-0.2, 0) is 6.42 Å². The molecular weight excluding hydrogens is 192 g/mol. The number of hydrogen-bond acceptors (Lipinski definition) is 3. The van der Waals surface area contributed by atoms with Crippen molar-refractivity contribution < 1.29 is 0 Å². The van der Waals surface area contributed by atoms with E-state index < -0.39 is 0 Å². The van der Waals surface area contributed by atoms with Gasteiger partial charge in [0.15, 0.2) is 0 Å². The zero-order valence-corrected chi connectivity index (χ0v) is 9.14. The average Bonchev–Trinajstić information content (AvgIpc) is 2.65. The fourth-order valence-corrected chi connectivity index (χ4v) is 2.09. The molecule has 0 spiro atoms. The normalized spacial score (nSPS) is 10.4. The molecule has 0 radical (unpaired) electrons. The maximum absolute atomic E-state index is 4.45. The Bertz CT molecular complexity index is 434. The van der Waals surface area contributed by atoms with Crippen LogP contribution in [0, 0.1) is 6.92 Å². The second-order valence-electron chi connectivity index (χ2n) is 3.18. The van der Waals surface area contributed by atoms with Crippen LogP contribution < -0.4 is 0 Å². The molecule has 0 aliphatic rings. The lowest BCUT2D eigenvalue weighted by Gasteiger charge is -1.98. The molecule has 0 aliphatic heterocycles. The highest BCUT2D eigenvalue weighted by atomic mass is 32.1. The molecule has 0 bridgehead atoms. The highest BCUT2D eigenvalue weighted by Gasteiger charge is 2.02. The number of nitrogens with zero attached hydrogens (tertiary/aromatic N) is 2. The highest BCUT2D eigenvalue weighted by Crippen LogP contribution is 2.23. The molecular formula is C11H12N2S. The monoisotopic (exact) mass is 204 g/mol. The van der Waals surface area contributed by atoms with E-state index in [9.17, 15) is 0 Å². The summed E-state index contributed by atoms with van der Waals surface area (Å²) in [6, 6.07) is 4.12. The topological polar surface area (TPSA) is 25.8 Å². The Hall–Kier alpha value is -1.22. The van der Waals surface area contributed by atoms with Crippen LogP contribution >= 0.6 is 11.3 Å². The molecule has 0 aliphatic carbocycles. The molecule has 2 rings (SSSR count). The number of pyridine rings is 1. The summed E-state index contributed by atoms with van der Waals surface area (Å²) < 4.78 is 0. The van der Waals surface area contributed by atoms with E-state index in [0.29, 0.717) is 0 Å². The molecule has 0 aromatic carbocycles. The van der Waals surface area contributed by atoms with E-state index >= 15 is 0 Å². The van der Waals surface area contributed by atoms with Gasteiger partial charge in [0.2, 0.25) is 0 Å². The number of thiazole rings is 1. The van der Waals surface area contributed by atoms with Gasteiger partial charge in [-0.15, -0.1) is 11.3 Å². The van der Waals surface area contributed by atoms with Gasteiger partial charge in [-0.25, -0.2) is 4.98 Å². The molecule has 0 unspecified atom stereocenters. The fraction of sp³-hybridized carbons (Fsp3) is 0.273. The van der Waals surface area contributed by atoms with Gasteiger partial charge in [-0.05, 0) is 25.5 Å². The first kappa shape index (κ1) is 9.34. The first-order chi connectivity index (χ1) is 6.79. The van der Waals surface area contributed by atoms with Crippen molar-refractivity contribution in [1.29, 1.82) is 0 Å². The summed E-state index contributed by atoms with van der Waals surface area (Å²) in [6.07, 6.45) is 2.82. The minimum Gasteiger partial charge on any atom is -0.261 e. The van der Waals surface area contributed by atoms with Crippen LogP contribution in [0.2, 0.25) is 0 Å². The van der Waals surface area contributed by atoms with E-state index in [1.165, 1.54) is 5.56 Å². The summed E-state index contributed by atoms with van der Waals surface area (Å²) in [4.78, 5) is 8.71. The third-order valence-corrected chi connectivity index (χ3v) is 3.05. The third kappa shape index (κ3) is 1.82. The van der Waals surface area contributed by atoms with Gasteiger partial charge in [0.05, 0.1) is 0 Å². The summed E-state index contributed by atoms with van der Waals surface area (Å²) in [6.45, 7) is 4.13. The molecule has 14 heavy (non-hydrogen) atoms. The minimum atomic E-state index is 0.970. The van der Waals surface area contributed by atoms with E-state index in [2.05, 4.69) is 28.3 Å². The predicted molar refractivity (Wildman–Crippen MR) is 59.5 cm³/mol. The van der Waals surface area contributed by atoms with E-state index in [0.717, 1.165) is 22.8 Å². The van der Waals surface area contributed by atoms with Crippen molar-refractivity contribution in [3.05, 3.63) is 35.1 Å². The maximum Gasteiger partial charge on any atom is 0.123 e. The summed E-state index contributed by atoms with van der Waals surface area (Å²) >= 11 is 1.68. The Kier molecular flexibility index (Phi) is 2.59. The molecule has 2 aromatic heterocycles. The van der Waals surface area contributed by atoms with E-state index in [-0.39, 0.29) is 0 Å². The molecule has 0 saturated carbocycles. The van der Waals surface area contributed by atoms with Crippen molar-refractivity contribution in [3.63, 3.8) is 0 Å². The summed E-state index contributed by atoms with van der Waals surface area (Å²) in [5, 5.41) is 3.15. The number of aromatic nitrogens is 2. The van der Waals surface area contributed by atoms with Crippen LogP contribution in [0.3, 0.4) is 0 Å². The van der Waals surface area contributed by atoms with Crippen LogP contribution in [0.1, 0.15) is 18.3 Å². The minimum absolute atomic E-state index is 0.970. The number of hydrogen-bond donors (Lipinski definition) is 0. The first-order valence-electron chi connectivity index (χ1n) is 4.67. The van der Waals surface area contributed by atoms with Gasteiger partial charge in [-0.2, -0.15) is 0 Å². The molecule has 0 saturated heterocycles. The summed E-state index contributed by atoms with van der Waals surface area (Å²) in [7, 11) is 0. The Balaban J connectivity index is 2.41. The van der Waals surface area contributed by atoms with Gasteiger partial charge < -0.3 is 0 Å². The second kappa shape index (κ2) is 3.88. The lowest BCUT2D eigenvalue weighted by molar-refractivity contribution is 1.04. The van der Waals surface area contributed by atoms with Gasteiger partial charge in [0.25, 0.3) is 0 Å². The SMILES string of the molecule is CCc1cc(-c2nc(C)cs2)ccn1. The largest absolute Gasteiger partial charge is 0.261 e. The fourth-order valence-electron chi connectivity index (χ4n) is 1.29. The van der Waals surface area contributed by atoms with Crippen LogP contribution in [0.4, 0.5) is 0 Å². The van der Waals surface area contributed by atoms with Crippen molar-refractivity contribution in [1.82, 2.24) is 9.97 Å². The zero-order valence-electron chi connectivity index (χ0n) is 8.32. The Morgan fingerprint density at radius 3 is 2.93 bits per heavy atom. The van der Waals surface area contributed by atoms with Crippen molar-refractivity contribution in [2.24, 2.45) is 0 Å². The molecule has 2 aromatic rings. The third-order valence-electron chi connectivity index (χ3n) is 2.04. The van der Waals surface area contributed by atoms with Crippen LogP contribution in [0.25, 0.3) is 10.6 Å². The van der Waals surface area contributed by atoms with Gasteiger partial charge in [0, 0.05) is 28.5 Å². The van der Waals surface area contributed by atoms with Gasteiger partial charge in [-0.1, -0.05) is 6.92 Å². The van der Waals surface area contributed by atoms with Gasteiger partial charge >= 0.3 is 0 Å². The lowest BCUT2D eigenvalue weighted by Crippen LogP contribution is -1.86. The van der Waals surface area contributed by atoms with Crippen molar-refractivity contribution in [2.45, 2.75) is 20.3 Å². The maximum atomic E-state index is 4.45. The number of aryl methyl sites for hydroxylation is 2. The molecule has 0 N–H and O–H groups in total. The Labute approximate surface area is 87.7 Å². The molecule has 2 heterocycles. The van der Waals surface area contributed by atoms with Crippen LogP contribution in [0.5, 0.6) is 0 Å². The van der Waals surface area contributed by atoms with Crippen molar-refractivity contribution >= 4 is 11.3 Å². The zero-order chi connectivity index (χ0) is 9.97. The lowest BCUT2D eigenvalue weighted by atomic mass is 10.2. The molecule has 0 fully saturated rings. The average molecular weight is 204 g/mol. The molecule has 2 nitrogen and oxygen atoms in total. The molecule has 3 heteroatoms. The quantitative estimate of drug-likeness (QED) is 0.751. The van der Waals surface area contributed by atoms with Crippen molar-refractivity contribution in [3.8, 4) is 10.6 Å². The smallest absolute Gasteiger partial charge is 0.123 e. The predicted octanol–water partition coefficient (Wildman–Crippen LogP) is 3.08. The van der Waals surface area contributed by atoms with Gasteiger partial charge in [0.1, 0.15) is 5.01 Å². The molecule has 72 valence electrons. The standard InChI is InChI=1S/C11H12N2S/c1-3-10-6-9(4-5-12-10)11-13-8(2)7-14-11/h4-7H,3H2,1-2H3. The first-order valence-corrected chi connectivity index (χ1v) is 5.55. The molecule has 0 atom stereocenters.